The van der Waals surface area contributed by atoms with Crippen molar-refractivity contribution in [2.24, 2.45) is 0 Å². The quantitative estimate of drug-likeness (QED) is 0.821. The zero-order valence-electron chi connectivity index (χ0n) is 13.5. The first kappa shape index (κ1) is 17.4. The Hall–Kier alpha value is -1.62. The van der Waals surface area contributed by atoms with Gasteiger partial charge in [-0.3, -0.25) is 0 Å². The van der Waals surface area contributed by atoms with Crippen molar-refractivity contribution < 1.29 is 13.9 Å². The normalized spacial score (nSPS) is 11.3. The summed E-state index contributed by atoms with van der Waals surface area (Å²) in [6.07, 6.45) is -0.419. The molecular formula is C16H25FN2O2. The second kappa shape index (κ2) is 7.41. The summed E-state index contributed by atoms with van der Waals surface area (Å²) >= 11 is 0. The van der Waals surface area contributed by atoms with Crippen molar-refractivity contribution >= 4 is 6.09 Å². The first-order valence-electron chi connectivity index (χ1n) is 7.12. The smallest absolute Gasteiger partial charge is 0.407 e. The fourth-order valence-electron chi connectivity index (χ4n) is 1.94. The van der Waals surface area contributed by atoms with Crippen molar-refractivity contribution in [2.45, 2.75) is 46.8 Å². The molecule has 0 radical (unpaired) electrons. The fraction of sp³-hybridized carbons (Fsp3) is 0.562. The molecule has 21 heavy (non-hydrogen) atoms. The lowest BCUT2D eigenvalue weighted by Gasteiger charge is -2.19. The van der Waals surface area contributed by atoms with Crippen LogP contribution in [-0.4, -0.2) is 24.8 Å². The summed E-state index contributed by atoms with van der Waals surface area (Å²) in [7, 11) is 0. The standard InChI is InChI=1S/C16H25FN2O2/c1-11-8-13(9-12(2)14(11)17)10-18-6-7-19-15(20)21-16(3,4)5/h8-9,18H,6-7,10H2,1-5H3,(H,19,20). The van der Waals surface area contributed by atoms with Gasteiger partial charge in [0.1, 0.15) is 11.4 Å². The van der Waals surface area contributed by atoms with Gasteiger partial charge in [0.15, 0.2) is 0 Å². The number of hydrogen-bond acceptors (Lipinski definition) is 3. The molecule has 0 heterocycles. The zero-order chi connectivity index (χ0) is 16.0. The average Bonchev–Trinajstić information content (AvgIpc) is 2.33. The van der Waals surface area contributed by atoms with Crippen LogP contribution in [0.5, 0.6) is 0 Å². The number of amides is 1. The number of benzene rings is 1. The summed E-state index contributed by atoms with van der Waals surface area (Å²) in [5.41, 5.74) is 1.85. The molecule has 0 aliphatic rings. The second-order valence-electron chi connectivity index (χ2n) is 6.15. The van der Waals surface area contributed by atoms with Gasteiger partial charge in [-0.15, -0.1) is 0 Å². The molecule has 1 rings (SSSR count). The minimum absolute atomic E-state index is 0.148. The van der Waals surface area contributed by atoms with Crippen LogP contribution < -0.4 is 10.6 Å². The molecule has 0 aliphatic carbocycles. The van der Waals surface area contributed by atoms with E-state index >= 15 is 0 Å². The summed E-state index contributed by atoms with van der Waals surface area (Å²) in [6, 6.07) is 3.66. The maximum atomic E-state index is 13.5. The third-order valence-electron chi connectivity index (χ3n) is 2.80. The highest BCUT2D eigenvalue weighted by atomic mass is 19.1. The number of carbonyl (C=O) groups is 1. The third-order valence-corrected chi connectivity index (χ3v) is 2.80. The Bertz CT molecular complexity index is 473. The van der Waals surface area contributed by atoms with Crippen LogP contribution >= 0.6 is 0 Å². The molecular weight excluding hydrogens is 271 g/mol. The molecule has 0 atom stereocenters. The van der Waals surface area contributed by atoms with Crippen LogP contribution in [0.4, 0.5) is 9.18 Å². The molecule has 1 aromatic carbocycles. The number of hydrogen-bond donors (Lipinski definition) is 2. The summed E-state index contributed by atoms with van der Waals surface area (Å²) in [5.74, 6) is -0.148. The largest absolute Gasteiger partial charge is 0.444 e. The lowest BCUT2D eigenvalue weighted by atomic mass is 10.1. The minimum Gasteiger partial charge on any atom is -0.444 e. The first-order valence-corrected chi connectivity index (χ1v) is 7.12. The first-order chi connectivity index (χ1) is 9.69. The summed E-state index contributed by atoms with van der Waals surface area (Å²) in [5, 5.41) is 5.87. The molecule has 2 N–H and O–H groups in total. The Morgan fingerprint density at radius 1 is 1.19 bits per heavy atom. The Morgan fingerprint density at radius 3 is 2.29 bits per heavy atom. The molecule has 0 bridgehead atoms. The van der Waals surface area contributed by atoms with Crippen LogP contribution in [0.2, 0.25) is 0 Å². The van der Waals surface area contributed by atoms with E-state index in [4.69, 9.17) is 4.74 Å². The number of aryl methyl sites for hydroxylation is 2. The van der Waals surface area contributed by atoms with Gasteiger partial charge in [-0.05, 0) is 51.3 Å². The van der Waals surface area contributed by atoms with E-state index in [1.807, 2.05) is 32.9 Å². The number of ether oxygens (including phenoxy) is 1. The van der Waals surface area contributed by atoms with Gasteiger partial charge in [0.25, 0.3) is 0 Å². The van der Waals surface area contributed by atoms with Crippen molar-refractivity contribution in [3.05, 3.63) is 34.6 Å². The average molecular weight is 296 g/mol. The molecule has 0 aromatic heterocycles. The molecule has 0 fully saturated rings. The van der Waals surface area contributed by atoms with Crippen molar-refractivity contribution in [3.8, 4) is 0 Å². The highest BCUT2D eigenvalue weighted by Crippen LogP contribution is 2.14. The summed E-state index contributed by atoms with van der Waals surface area (Å²) < 4.78 is 18.6. The third kappa shape index (κ3) is 6.58. The Morgan fingerprint density at radius 2 is 1.76 bits per heavy atom. The van der Waals surface area contributed by atoms with Gasteiger partial charge < -0.3 is 15.4 Å². The van der Waals surface area contributed by atoms with E-state index in [-0.39, 0.29) is 5.82 Å². The van der Waals surface area contributed by atoms with E-state index in [1.165, 1.54) is 0 Å². The van der Waals surface area contributed by atoms with Gasteiger partial charge in [-0.25, -0.2) is 9.18 Å². The van der Waals surface area contributed by atoms with Crippen LogP contribution in [0.15, 0.2) is 12.1 Å². The molecule has 1 aromatic rings. The van der Waals surface area contributed by atoms with E-state index in [2.05, 4.69) is 10.6 Å². The van der Waals surface area contributed by atoms with E-state index in [0.29, 0.717) is 30.8 Å². The highest BCUT2D eigenvalue weighted by Gasteiger charge is 2.15. The van der Waals surface area contributed by atoms with Crippen LogP contribution in [0.3, 0.4) is 0 Å². The number of halogens is 1. The van der Waals surface area contributed by atoms with Crippen molar-refractivity contribution in [3.63, 3.8) is 0 Å². The number of rotatable bonds is 5. The molecule has 0 saturated heterocycles. The molecule has 0 saturated carbocycles. The van der Waals surface area contributed by atoms with Crippen LogP contribution in [0.1, 0.15) is 37.5 Å². The number of alkyl carbamates (subject to hydrolysis) is 1. The van der Waals surface area contributed by atoms with Gasteiger partial charge in [-0.1, -0.05) is 12.1 Å². The Balaban J connectivity index is 2.27. The lowest BCUT2D eigenvalue weighted by molar-refractivity contribution is 0.0528. The number of nitrogens with one attached hydrogen (secondary N) is 2. The molecule has 0 unspecified atom stereocenters. The van der Waals surface area contributed by atoms with E-state index in [0.717, 1.165) is 5.56 Å². The fourth-order valence-corrected chi connectivity index (χ4v) is 1.94. The van der Waals surface area contributed by atoms with Crippen LogP contribution in [-0.2, 0) is 11.3 Å². The molecule has 0 aliphatic heterocycles. The predicted octanol–water partition coefficient (Wildman–Crippen LogP) is 3.06. The van der Waals surface area contributed by atoms with E-state index < -0.39 is 11.7 Å². The summed E-state index contributed by atoms with van der Waals surface area (Å²) in [6.45, 7) is 10.7. The topological polar surface area (TPSA) is 50.4 Å². The maximum absolute atomic E-state index is 13.5. The van der Waals surface area contributed by atoms with E-state index in [1.54, 1.807) is 13.8 Å². The monoisotopic (exact) mass is 296 g/mol. The minimum atomic E-state index is -0.485. The molecule has 118 valence electrons. The number of carbonyl (C=O) groups excluding carboxylic acids is 1. The Labute approximate surface area is 126 Å². The van der Waals surface area contributed by atoms with Crippen molar-refractivity contribution in [1.29, 1.82) is 0 Å². The molecule has 1 amide bonds. The predicted molar refractivity (Wildman–Crippen MR) is 81.8 cm³/mol. The van der Waals surface area contributed by atoms with Gasteiger partial charge in [-0.2, -0.15) is 0 Å². The van der Waals surface area contributed by atoms with Gasteiger partial charge in [0.05, 0.1) is 0 Å². The van der Waals surface area contributed by atoms with Crippen LogP contribution in [0, 0.1) is 19.7 Å². The SMILES string of the molecule is Cc1cc(CNCCNC(=O)OC(C)(C)C)cc(C)c1F. The van der Waals surface area contributed by atoms with Crippen LogP contribution in [0.25, 0.3) is 0 Å². The lowest BCUT2D eigenvalue weighted by Crippen LogP contribution is -2.36. The zero-order valence-corrected chi connectivity index (χ0v) is 13.5. The van der Waals surface area contributed by atoms with Crippen molar-refractivity contribution in [2.75, 3.05) is 13.1 Å². The van der Waals surface area contributed by atoms with Crippen molar-refractivity contribution in [1.82, 2.24) is 10.6 Å². The van der Waals surface area contributed by atoms with E-state index in [9.17, 15) is 9.18 Å². The molecule has 0 spiro atoms. The summed E-state index contributed by atoms with van der Waals surface area (Å²) in [4.78, 5) is 11.4. The molecule has 4 nitrogen and oxygen atoms in total. The van der Waals surface area contributed by atoms with Gasteiger partial charge in [0.2, 0.25) is 0 Å². The molecule has 5 heteroatoms. The highest BCUT2D eigenvalue weighted by molar-refractivity contribution is 5.67. The Kier molecular flexibility index (Phi) is 6.15. The van der Waals surface area contributed by atoms with Gasteiger partial charge >= 0.3 is 6.09 Å². The van der Waals surface area contributed by atoms with Gasteiger partial charge in [0, 0.05) is 19.6 Å². The second-order valence-corrected chi connectivity index (χ2v) is 6.15. The maximum Gasteiger partial charge on any atom is 0.407 e.